The molecular weight excluding hydrogens is 190 g/mol. The van der Waals surface area contributed by atoms with Crippen LogP contribution >= 0.6 is 0 Å². The smallest absolute Gasteiger partial charge is 0.290 e. The van der Waals surface area contributed by atoms with Crippen LogP contribution in [0.15, 0.2) is 0 Å². The predicted molar refractivity (Wildman–Crippen MR) is 57.3 cm³/mol. The molecule has 0 spiro atoms. The van der Waals surface area contributed by atoms with E-state index in [2.05, 4.69) is 13.8 Å². The largest absolute Gasteiger partial charge is 0.332 e. The Labute approximate surface area is 90.8 Å². The number of hydrogen-bond donors (Lipinski definition) is 0. The molecule has 0 aromatic heterocycles. The zero-order valence-electron chi connectivity index (χ0n) is 9.53. The molecule has 1 amide bonds. The minimum atomic E-state index is -0.235. The van der Waals surface area contributed by atoms with Crippen LogP contribution in [0.1, 0.15) is 39.5 Å². The number of nitrogens with zero attached hydrogens (tertiary/aromatic N) is 1. The average molecular weight is 209 g/mol. The summed E-state index contributed by atoms with van der Waals surface area (Å²) in [5.41, 5.74) is 0. The van der Waals surface area contributed by atoms with Crippen molar-refractivity contribution in [3.05, 3.63) is 0 Å². The second-order valence-corrected chi connectivity index (χ2v) is 5.13. The molecule has 3 nitrogen and oxygen atoms in total. The molecule has 2 aliphatic rings. The Hall–Kier alpha value is -0.860. The van der Waals surface area contributed by atoms with E-state index in [1.54, 1.807) is 0 Å². The van der Waals surface area contributed by atoms with Crippen LogP contribution in [0.2, 0.25) is 0 Å². The monoisotopic (exact) mass is 209 g/mol. The van der Waals surface area contributed by atoms with Gasteiger partial charge in [-0.15, -0.1) is 0 Å². The van der Waals surface area contributed by atoms with E-state index in [1.165, 1.54) is 12.8 Å². The van der Waals surface area contributed by atoms with Crippen LogP contribution in [-0.2, 0) is 9.59 Å². The predicted octanol–water partition coefficient (Wildman–Crippen LogP) is 1.61. The van der Waals surface area contributed by atoms with Gasteiger partial charge in [-0.1, -0.05) is 13.8 Å². The Morgan fingerprint density at radius 2 is 1.93 bits per heavy atom. The second-order valence-electron chi connectivity index (χ2n) is 5.13. The number of carbonyl (C=O) groups excluding carboxylic acids is 2. The highest BCUT2D eigenvalue weighted by atomic mass is 16.2. The maximum absolute atomic E-state index is 11.6. The van der Waals surface area contributed by atoms with Crippen LogP contribution in [0.5, 0.6) is 0 Å². The van der Waals surface area contributed by atoms with Gasteiger partial charge in [0.1, 0.15) is 0 Å². The van der Waals surface area contributed by atoms with Gasteiger partial charge in [0, 0.05) is 19.0 Å². The Balaban J connectivity index is 2.05. The minimum absolute atomic E-state index is 0.194. The molecule has 1 heterocycles. The molecule has 2 rings (SSSR count). The van der Waals surface area contributed by atoms with Gasteiger partial charge in [0.25, 0.3) is 5.91 Å². The van der Waals surface area contributed by atoms with Crippen LogP contribution in [0.25, 0.3) is 0 Å². The van der Waals surface area contributed by atoms with Crippen molar-refractivity contribution in [3.63, 3.8) is 0 Å². The summed E-state index contributed by atoms with van der Waals surface area (Å²) < 4.78 is 0. The number of rotatable bonds is 1. The molecule has 3 atom stereocenters. The molecule has 0 aromatic rings. The van der Waals surface area contributed by atoms with Crippen molar-refractivity contribution in [2.24, 2.45) is 11.8 Å². The fourth-order valence-electron chi connectivity index (χ4n) is 3.02. The van der Waals surface area contributed by atoms with Gasteiger partial charge in [0.2, 0.25) is 5.78 Å². The molecule has 0 N–H and O–H groups in total. The summed E-state index contributed by atoms with van der Waals surface area (Å²) in [5.74, 6) is 0.885. The fourth-order valence-corrected chi connectivity index (χ4v) is 3.02. The molecular formula is C12H19NO2. The van der Waals surface area contributed by atoms with Crippen LogP contribution in [-0.4, -0.2) is 29.2 Å². The lowest BCUT2D eigenvalue weighted by atomic mass is 9.79. The number of ketones is 1. The Bertz CT molecular complexity index is 287. The molecule has 1 saturated carbocycles. The van der Waals surface area contributed by atoms with E-state index >= 15 is 0 Å². The van der Waals surface area contributed by atoms with Crippen LogP contribution in [0, 0.1) is 11.8 Å². The SMILES string of the molecule is CC1CCC(N2CCC(=O)C2=O)C(C)C1. The maximum atomic E-state index is 11.6. The molecule has 0 aromatic carbocycles. The molecule has 15 heavy (non-hydrogen) atoms. The summed E-state index contributed by atoms with van der Waals surface area (Å²) in [5, 5.41) is 0. The normalized spacial score (nSPS) is 37.5. The van der Waals surface area contributed by atoms with Gasteiger partial charge < -0.3 is 4.90 Å². The highest BCUT2D eigenvalue weighted by molar-refractivity contribution is 6.37. The van der Waals surface area contributed by atoms with Crippen LogP contribution < -0.4 is 0 Å². The third kappa shape index (κ3) is 1.92. The highest BCUT2D eigenvalue weighted by Crippen LogP contribution is 2.33. The van der Waals surface area contributed by atoms with E-state index in [0.717, 1.165) is 12.3 Å². The van der Waals surface area contributed by atoms with Crippen LogP contribution in [0.4, 0.5) is 0 Å². The van der Waals surface area contributed by atoms with Crippen molar-refractivity contribution < 1.29 is 9.59 Å². The molecule has 0 radical (unpaired) electrons. The number of amides is 1. The van der Waals surface area contributed by atoms with Gasteiger partial charge in [-0.3, -0.25) is 9.59 Å². The van der Waals surface area contributed by atoms with Gasteiger partial charge >= 0.3 is 0 Å². The van der Waals surface area contributed by atoms with E-state index in [9.17, 15) is 9.59 Å². The van der Waals surface area contributed by atoms with Gasteiger partial charge in [-0.2, -0.15) is 0 Å². The lowest BCUT2D eigenvalue weighted by Crippen LogP contribution is -2.44. The standard InChI is InChI=1S/C12H19NO2/c1-8-3-4-10(9(2)7-8)13-6-5-11(14)12(13)15/h8-10H,3-7H2,1-2H3. The summed E-state index contributed by atoms with van der Waals surface area (Å²) in [6.45, 7) is 5.13. The number of likely N-dealkylation sites (tertiary alicyclic amines) is 1. The lowest BCUT2D eigenvalue weighted by Gasteiger charge is -2.38. The maximum Gasteiger partial charge on any atom is 0.290 e. The van der Waals surface area contributed by atoms with E-state index in [4.69, 9.17) is 0 Å². The molecule has 2 fully saturated rings. The number of Topliss-reactive ketones (excluding diaryl/α,β-unsaturated/α-hetero) is 1. The third-order valence-corrected chi connectivity index (χ3v) is 3.87. The second kappa shape index (κ2) is 3.95. The summed E-state index contributed by atoms with van der Waals surface area (Å²) in [6.07, 6.45) is 3.87. The highest BCUT2D eigenvalue weighted by Gasteiger charge is 2.38. The van der Waals surface area contributed by atoms with Crippen molar-refractivity contribution in [1.82, 2.24) is 4.90 Å². The molecule has 3 unspecified atom stereocenters. The quantitative estimate of drug-likeness (QED) is 0.615. The fraction of sp³-hybridized carbons (Fsp3) is 0.833. The van der Waals surface area contributed by atoms with E-state index in [1.807, 2.05) is 4.90 Å². The van der Waals surface area contributed by atoms with E-state index in [-0.39, 0.29) is 11.7 Å². The van der Waals surface area contributed by atoms with Gasteiger partial charge in [-0.05, 0) is 31.1 Å². The van der Waals surface area contributed by atoms with Crippen molar-refractivity contribution in [3.8, 4) is 0 Å². The van der Waals surface area contributed by atoms with Crippen molar-refractivity contribution >= 4 is 11.7 Å². The topological polar surface area (TPSA) is 37.4 Å². The zero-order chi connectivity index (χ0) is 11.0. The summed E-state index contributed by atoms with van der Waals surface area (Å²) in [4.78, 5) is 24.6. The minimum Gasteiger partial charge on any atom is -0.332 e. The van der Waals surface area contributed by atoms with Gasteiger partial charge in [-0.25, -0.2) is 0 Å². The Morgan fingerprint density at radius 3 is 2.47 bits per heavy atom. The van der Waals surface area contributed by atoms with E-state index < -0.39 is 0 Å². The average Bonchev–Trinajstić information content (AvgIpc) is 2.49. The van der Waals surface area contributed by atoms with Crippen molar-refractivity contribution in [2.75, 3.05) is 6.54 Å². The summed E-state index contributed by atoms with van der Waals surface area (Å²) >= 11 is 0. The first-order chi connectivity index (χ1) is 7.09. The molecule has 1 aliphatic heterocycles. The first kappa shape index (κ1) is 10.7. The van der Waals surface area contributed by atoms with E-state index in [0.29, 0.717) is 24.9 Å². The number of carbonyl (C=O) groups is 2. The Morgan fingerprint density at radius 1 is 1.20 bits per heavy atom. The molecule has 1 aliphatic carbocycles. The zero-order valence-corrected chi connectivity index (χ0v) is 9.53. The molecule has 3 heteroatoms. The molecule has 1 saturated heterocycles. The van der Waals surface area contributed by atoms with Gasteiger partial charge in [0.05, 0.1) is 0 Å². The first-order valence-corrected chi connectivity index (χ1v) is 5.93. The Kier molecular flexibility index (Phi) is 2.81. The van der Waals surface area contributed by atoms with Crippen molar-refractivity contribution in [1.29, 1.82) is 0 Å². The van der Waals surface area contributed by atoms with Gasteiger partial charge in [0.15, 0.2) is 0 Å². The van der Waals surface area contributed by atoms with Crippen molar-refractivity contribution in [2.45, 2.75) is 45.6 Å². The molecule has 84 valence electrons. The number of hydrogen-bond acceptors (Lipinski definition) is 2. The first-order valence-electron chi connectivity index (χ1n) is 5.93. The lowest BCUT2D eigenvalue weighted by molar-refractivity contribution is -0.142. The molecule has 0 bridgehead atoms. The third-order valence-electron chi connectivity index (χ3n) is 3.87. The summed E-state index contributed by atoms with van der Waals surface area (Å²) in [7, 11) is 0. The summed E-state index contributed by atoms with van der Waals surface area (Å²) in [6, 6.07) is 0.320. The van der Waals surface area contributed by atoms with Crippen LogP contribution in [0.3, 0.4) is 0 Å².